The Morgan fingerprint density at radius 3 is 2.62 bits per heavy atom. The minimum Gasteiger partial charge on any atom is -0.364 e. The van der Waals surface area contributed by atoms with Gasteiger partial charge in [-0.25, -0.2) is 0 Å². The Bertz CT molecular complexity index is 865. The van der Waals surface area contributed by atoms with E-state index in [1.54, 1.807) is 35.6 Å². The highest BCUT2D eigenvalue weighted by Gasteiger charge is 2.11. The van der Waals surface area contributed by atoms with Gasteiger partial charge in [0.2, 0.25) is 0 Å². The summed E-state index contributed by atoms with van der Waals surface area (Å²) in [6.45, 7) is 0. The number of primary amides is 1. The summed E-state index contributed by atoms with van der Waals surface area (Å²) in [5.74, 6) is -0.569. The highest BCUT2D eigenvalue weighted by molar-refractivity contribution is 7.17. The normalized spacial score (nSPS) is 10.3. The van der Waals surface area contributed by atoms with Gasteiger partial charge in [-0.15, -0.1) is 11.3 Å². The molecular formula is C16H12N2O2S. The highest BCUT2D eigenvalue weighted by atomic mass is 32.1. The molecule has 0 bridgehead atoms. The van der Waals surface area contributed by atoms with Crippen LogP contribution in [0.5, 0.6) is 0 Å². The lowest BCUT2D eigenvalue weighted by atomic mass is 10.2. The van der Waals surface area contributed by atoms with E-state index >= 15 is 0 Å². The minimum absolute atomic E-state index is 0.186. The van der Waals surface area contributed by atoms with Gasteiger partial charge in [-0.2, -0.15) is 0 Å². The molecule has 0 atom stereocenters. The fraction of sp³-hybridized carbons (Fsp3) is 0. The minimum atomic E-state index is -0.569. The molecule has 0 saturated heterocycles. The molecule has 0 aliphatic carbocycles. The predicted molar refractivity (Wildman–Crippen MR) is 84.4 cm³/mol. The number of fused-ring (bicyclic) bond motifs is 2. The third-order valence-electron chi connectivity index (χ3n) is 2.97. The van der Waals surface area contributed by atoms with Crippen LogP contribution in [0.1, 0.15) is 10.5 Å². The number of hydrogen-bond acceptors (Lipinski definition) is 4. The topological polar surface area (TPSA) is 69.1 Å². The van der Waals surface area contributed by atoms with E-state index in [1.165, 1.54) is 10.1 Å². The van der Waals surface area contributed by atoms with E-state index in [-0.39, 0.29) is 5.69 Å². The average Bonchev–Trinajstić information content (AvgIpc) is 3.14. The molecule has 104 valence electrons. The SMILES string of the molecule is NC(=O)c1noc2ccccc12.c1ccc2sccc2c1. The summed E-state index contributed by atoms with van der Waals surface area (Å²) in [5, 5.41) is 7.67. The van der Waals surface area contributed by atoms with Crippen molar-refractivity contribution in [2.75, 3.05) is 0 Å². The highest BCUT2D eigenvalue weighted by Crippen LogP contribution is 2.19. The number of amides is 1. The molecule has 0 aliphatic rings. The van der Waals surface area contributed by atoms with E-state index in [1.807, 2.05) is 0 Å². The van der Waals surface area contributed by atoms with Crippen molar-refractivity contribution in [2.45, 2.75) is 0 Å². The first-order valence-electron chi connectivity index (χ1n) is 6.32. The van der Waals surface area contributed by atoms with Gasteiger partial charge in [-0.1, -0.05) is 35.5 Å². The lowest BCUT2D eigenvalue weighted by Gasteiger charge is -1.85. The summed E-state index contributed by atoms with van der Waals surface area (Å²) in [6, 6.07) is 17.6. The van der Waals surface area contributed by atoms with Crippen LogP contribution in [0, 0.1) is 0 Å². The summed E-state index contributed by atoms with van der Waals surface area (Å²) >= 11 is 1.79. The van der Waals surface area contributed by atoms with E-state index in [9.17, 15) is 4.79 Å². The van der Waals surface area contributed by atoms with Crippen LogP contribution in [0.15, 0.2) is 64.5 Å². The number of hydrogen-bond donors (Lipinski definition) is 1. The van der Waals surface area contributed by atoms with Crippen LogP contribution in [0.2, 0.25) is 0 Å². The van der Waals surface area contributed by atoms with Crippen LogP contribution in [0.4, 0.5) is 0 Å². The van der Waals surface area contributed by atoms with Crippen LogP contribution >= 0.6 is 11.3 Å². The van der Waals surface area contributed by atoms with Gasteiger partial charge in [0.05, 0.1) is 5.39 Å². The van der Waals surface area contributed by atoms with Gasteiger partial charge in [0.25, 0.3) is 5.91 Å². The largest absolute Gasteiger partial charge is 0.364 e. The van der Waals surface area contributed by atoms with Crippen LogP contribution in [0.25, 0.3) is 21.1 Å². The Morgan fingerprint density at radius 2 is 1.81 bits per heavy atom. The number of benzene rings is 2. The van der Waals surface area contributed by atoms with Crippen molar-refractivity contribution in [1.29, 1.82) is 0 Å². The zero-order chi connectivity index (χ0) is 14.7. The van der Waals surface area contributed by atoms with Gasteiger partial charge in [0.1, 0.15) is 0 Å². The average molecular weight is 296 g/mol. The Morgan fingerprint density at radius 1 is 1.05 bits per heavy atom. The first-order chi connectivity index (χ1) is 10.3. The fourth-order valence-electron chi connectivity index (χ4n) is 1.97. The number of carbonyl (C=O) groups is 1. The quantitative estimate of drug-likeness (QED) is 0.580. The van der Waals surface area contributed by atoms with Gasteiger partial charge in [-0.3, -0.25) is 4.79 Å². The number of thiophene rings is 1. The zero-order valence-electron chi connectivity index (χ0n) is 11.0. The standard InChI is InChI=1S/C8H6N2O2.C8H6S/c9-8(11)7-5-3-1-2-4-6(5)12-10-7;1-2-4-8-7(3-1)5-6-9-8/h1-4H,(H2,9,11);1-6H. The Kier molecular flexibility index (Phi) is 3.66. The molecule has 4 aromatic rings. The number of para-hydroxylation sites is 1. The molecule has 0 aliphatic heterocycles. The second kappa shape index (κ2) is 5.76. The Balaban J connectivity index is 0.000000131. The Labute approximate surface area is 124 Å². The summed E-state index contributed by atoms with van der Waals surface area (Å²) in [6.07, 6.45) is 0. The molecule has 0 unspecified atom stereocenters. The van der Waals surface area contributed by atoms with Gasteiger partial charge in [0, 0.05) is 4.70 Å². The molecule has 0 fully saturated rings. The van der Waals surface area contributed by atoms with Crippen molar-refractivity contribution < 1.29 is 9.32 Å². The van der Waals surface area contributed by atoms with E-state index in [2.05, 4.69) is 40.9 Å². The molecule has 0 saturated carbocycles. The first kappa shape index (κ1) is 13.3. The van der Waals surface area contributed by atoms with Crippen LogP contribution in [0.3, 0.4) is 0 Å². The number of nitrogens with two attached hydrogens (primary N) is 1. The molecule has 2 N–H and O–H groups in total. The smallest absolute Gasteiger partial charge is 0.271 e. The van der Waals surface area contributed by atoms with E-state index in [0.29, 0.717) is 11.0 Å². The van der Waals surface area contributed by atoms with E-state index in [4.69, 9.17) is 10.3 Å². The molecule has 2 aromatic carbocycles. The number of nitrogens with zero attached hydrogens (tertiary/aromatic N) is 1. The van der Waals surface area contributed by atoms with Gasteiger partial charge in [-0.05, 0) is 35.0 Å². The maximum absolute atomic E-state index is 10.8. The maximum atomic E-state index is 10.8. The van der Waals surface area contributed by atoms with Crippen LogP contribution in [-0.2, 0) is 0 Å². The number of rotatable bonds is 1. The van der Waals surface area contributed by atoms with Crippen LogP contribution in [-0.4, -0.2) is 11.1 Å². The molecule has 21 heavy (non-hydrogen) atoms. The first-order valence-corrected chi connectivity index (χ1v) is 7.20. The molecule has 2 heterocycles. The van der Waals surface area contributed by atoms with Crippen molar-refractivity contribution in [3.05, 3.63) is 65.7 Å². The molecular weight excluding hydrogens is 284 g/mol. The van der Waals surface area contributed by atoms with Crippen molar-refractivity contribution >= 4 is 38.3 Å². The Hall–Kier alpha value is -2.66. The second-order valence-corrected chi connectivity index (χ2v) is 5.30. The lowest BCUT2D eigenvalue weighted by molar-refractivity contribution is 0.0993. The van der Waals surface area contributed by atoms with Gasteiger partial charge < -0.3 is 10.3 Å². The lowest BCUT2D eigenvalue weighted by Crippen LogP contribution is -2.11. The van der Waals surface area contributed by atoms with E-state index in [0.717, 1.165) is 0 Å². The van der Waals surface area contributed by atoms with E-state index < -0.39 is 5.91 Å². The summed E-state index contributed by atoms with van der Waals surface area (Å²) in [4.78, 5) is 10.8. The molecule has 2 aromatic heterocycles. The summed E-state index contributed by atoms with van der Waals surface area (Å²) in [5.41, 5.74) is 5.82. The summed E-state index contributed by atoms with van der Waals surface area (Å²) < 4.78 is 6.23. The second-order valence-electron chi connectivity index (χ2n) is 4.35. The molecule has 0 spiro atoms. The number of carbonyl (C=O) groups excluding carboxylic acids is 1. The number of aromatic nitrogens is 1. The van der Waals surface area contributed by atoms with Gasteiger partial charge in [0.15, 0.2) is 11.3 Å². The predicted octanol–water partition coefficient (Wildman–Crippen LogP) is 3.83. The maximum Gasteiger partial charge on any atom is 0.271 e. The van der Waals surface area contributed by atoms with Crippen molar-refractivity contribution in [3.8, 4) is 0 Å². The van der Waals surface area contributed by atoms with Gasteiger partial charge >= 0.3 is 0 Å². The monoisotopic (exact) mass is 296 g/mol. The molecule has 1 amide bonds. The third kappa shape index (κ3) is 2.78. The fourth-order valence-corrected chi connectivity index (χ4v) is 2.76. The van der Waals surface area contributed by atoms with Crippen molar-refractivity contribution in [2.24, 2.45) is 5.73 Å². The van der Waals surface area contributed by atoms with Crippen molar-refractivity contribution in [1.82, 2.24) is 5.16 Å². The molecule has 0 radical (unpaired) electrons. The molecule has 4 nitrogen and oxygen atoms in total. The zero-order valence-corrected chi connectivity index (χ0v) is 11.8. The molecule has 4 rings (SSSR count). The summed E-state index contributed by atoms with van der Waals surface area (Å²) in [7, 11) is 0. The van der Waals surface area contributed by atoms with Crippen molar-refractivity contribution in [3.63, 3.8) is 0 Å². The molecule has 5 heteroatoms. The van der Waals surface area contributed by atoms with Crippen LogP contribution < -0.4 is 5.73 Å². The third-order valence-corrected chi connectivity index (χ3v) is 3.87.